The third-order valence-corrected chi connectivity index (χ3v) is 5.97. The molecule has 6 heteroatoms. The molecule has 0 radical (unpaired) electrons. The van der Waals surface area contributed by atoms with Crippen LogP contribution in [0.1, 0.15) is 16.7 Å². The number of ether oxygens (including phenoxy) is 1. The van der Waals surface area contributed by atoms with Gasteiger partial charge in [0.15, 0.2) is 0 Å². The van der Waals surface area contributed by atoms with E-state index in [1.165, 1.54) is 0 Å². The highest BCUT2D eigenvalue weighted by Gasteiger charge is 2.38. The topological polar surface area (TPSA) is 53.0 Å². The number of carbonyl (C=O) groups excluding carboxylic acids is 1. The van der Waals surface area contributed by atoms with Crippen LogP contribution in [-0.4, -0.2) is 46.2 Å². The molecule has 0 aliphatic carbocycles. The van der Waals surface area contributed by atoms with Crippen LogP contribution in [0.15, 0.2) is 84.9 Å². The lowest BCUT2D eigenvalue weighted by Crippen LogP contribution is -2.42. The Morgan fingerprint density at radius 2 is 1.44 bits per heavy atom. The molecule has 1 fully saturated rings. The third kappa shape index (κ3) is 5.88. The van der Waals surface area contributed by atoms with Crippen molar-refractivity contribution in [2.24, 2.45) is 0 Å². The van der Waals surface area contributed by atoms with Gasteiger partial charge in [-0.3, -0.25) is 4.90 Å². The second-order valence-corrected chi connectivity index (χ2v) is 8.53. The van der Waals surface area contributed by atoms with Gasteiger partial charge in [-0.15, -0.1) is 0 Å². The molecule has 0 saturated carbocycles. The number of amides is 1. The summed E-state index contributed by atoms with van der Waals surface area (Å²) in [4.78, 5) is 16.5. The van der Waals surface area contributed by atoms with E-state index < -0.39 is 12.2 Å². The van der Waals surface area contributed by atoms with Gasteiger partial charge in [-0.05, 0) is 28.8 Å². The van der Waals surface area contributed by atoms with Crippen molar-refractivity contribution < 1.29 is 14.6 Å². The number of nitrogens with zero attached hydrogens (tertiary/aromatic N) is 2. The molecule has 32 heavy (non-hydrogen) atoms. The number of halogens is 1. The number of aliphatic hydroxyl groups is 1. The van der Waals surface area contributed by atoms with Gasteiger partial charge in [-0.25, -0.2) is 4.79 Å². The molecule has 1 N–H and O–H groups in total. The summed E-state index contributed by atoms with van der Waals surface area (Å²) in [5, 5.41) is 11.5. The molecule has 1 aliphatic heterocycles. The summed E-state index contributed by atoms with van der Waals surface area (Å²) in [6.45, 7) is 2.19. The van der Waals surface area contributed by atoms with Crippen LogP contribution in [0, 0.1) is 0 Å². The molecule has 3 aromatic rings. The second-order valence-electron chi connectivity index (χ2n) is 8.10. The Morgan fingerprint density at radius 1 is 0.875 bits per heavy atom. The molecule has 0 unspecified atom stereocenters. The van der Waals surface area contributed by atoms with Gasteiger partial charge in [-0.1, -0.05) is 84.4 Å². The van der Waals surface area contributed by atoms with Gasteiger partial charge >= 0.3 is 6.09 Å². The molecule has 166 valence electrons. The number of aliphatic hydroxyl groups excluding tert-OH is 1. The molecule has 3 aromatic carbocycles. The first-order chi connectivity index (χ1) is 15.6. The summed E-state index contributed by atoms with van der Waals surface area (Å²) >= 11 is 6.04. The van der Waals surface area contributed by atoms with E-state index in [-0.39, 0.29) is 19.2 Å². The van der Waals surface area contributed by atoms with E-state index in [0.29, 0.717) is 24.7 Å². The molecule has 1 heterocycles. The molecule has 0 aromatic heterocycles. The fourth-order valence-electron chi connectivity index (χ4n) is 4.02. The maximum absolute atomic E-state index is 12.6. The van der Waals surface area contributed by atoms with Gasteiger partial charge in [0.25, 0.3) is 0 Å². The Bertz CT molecular complexity index is 999. The monoisotopic (exact) mass is 450 g/mol. The zero-order valence-electron chi connectivity index (χ0n) is 17.8. The molecule has 1 aliphatic rings. The van der Waals surface area contributed by atoms with E-state index in [1.54, 1.807) is 4.90 Å². The Hall–Kier alpha value is -2.86. The molecule has 5 nitrogen and oxygen atoms in total. The summed E-state index contributed by atoms with van der Waals surface area (Å²) in [6, 6.07) is 27.3. The largest absolute Gasteiger partial charge is 0.445 e. The number of likely N-dealkylation sites (tertiary alicyclic amines) is 1. The fraction of sp³-hybridized carbons (Fsp3) is 0.269. The summed E-state index contributed by atoms with van der Waals surface area (Å²) in [6.07, 6.45) is -1.06. The van der Waals surface area contributed by atoms with Crippen LogP contribution in [0.5, 0.6) is 0 Å². The van der Waals surface area contributed by atoms with E-state index in [4.69, 9.17) is 16.3 Å². The van der Waals surface area contributed by atoms with Gasteiger partial charge in [0.2, 0.25) is 0 Å². The number of benzene rings is 3. The van der Waals surface area contributed by atoms with Crippen molar-refractivity contribution >= 4 is 17.7 Å². The fourth-order valence-corrected chi connectivity index (χ4v) is 4.15. The Balaban J connectivity index is 1.44. The highest BCUT2D eigenvalue weighted by Crippen LogP contribution is 2.23. The minimum Gasteiger partial charge on any atom is -0.445 e. The number of hydrogen-bond donors (Lipinski definition) is 1. The predicted octanol–water partition coefficient (Wildman–Crippen LogP) is 4.72. The summed E-state index contributed by atoms with van der Waals surface area (Å²) in [7, 11) is 0. The molecule has 4 rings (SSSR count). The van der Waals surface area contributed by atoms with Crippen molar-refractivity contribution in [2.75, 3.05) is 13.1 Å². The van der Waals surface area contributed by atoms with Crippen LogP contribution >= 0.6 is 11.6 Å². The van der Waals surface area contributed by atoms with Gasteiger partial charge in [0.05, 0.1) is 18.7 Å². The molecule has 0 bridgehead atoms. The van der Waals surface area contributed by atoms with Crippen molar-refractivity contribution in [2.45, 2.75) is 31.8 Å². The van der Waals surface area contributed by atoms with Crippen molar-refractivity contribution in [1.82, 2.24) is 9.80 Å². The van der Waals surface area contributed by atoms with Crippen LogP contribution in [0.25, 0.3) is 0 Å². The summed E-state index contributed by atoms with van der Waals surface area (Å²) in [5.74, 6) is 0. The zero-order chi connectivity index (χ0) is 22.3. The van der Waals surface area contributed by atoms with Crippen LogP contribution in [-0.2, 0) is 24.4 Å². The van der Waals surface area contributed by atoms with Crippen molar-refractivity contribution in [3.63, 3.8) is 0 Å². The van der Waals surface area contributed by atoms with Crippen LogP contribution < -0.4 is 0 Å². The van der Waals surface area contributed by atoms with E-state index in [9.17, 15) is 9.90 Å². The SMILES string of the molecule is O=C(OCc1ccccc1)N1C[C@H](O)[C@@H](N(Cc2ccccc2)Cc2ccc(Cl)cc2)C1. The van der Waals surface area contributed by atoms with E-state index >= 15 is 0 Å². The van der Waals surface area contributed by atoms with E-state index in [0.717, 1.165) is 16.7 Å². The van der Waals surface area contributed by atoms with Gasteiger partial charge in [0, 0.05) is 24.7 Å². The van der Waals surface area contributed by atoms with Crippen LogP contribution in [0.2, 0.25) is 5.02 Å². The Kier molecular flexibility index (Phi) is 7.43. The van der Waals surface area contributed by atoms with E-state index in [1.807, 2.05) is 72.8 Å². The zero-order valence-corrected chi connectivity index (χ0v) is 18.6. The first-order valence-corrected chi connectivity index (χ1v) is 11.1. The maximum atomic E-state index is 12.6. The van der Waals surface area contributed by atoms with Gasteiger partial charge in [0.1, 0.15) is 6.61 Å². The lowest BCUT2D eigenvalue weighted by molar-refractivity contribution is 0.0728. The lowest BCUT2D eigenvalue weighted by Gasteiger charge is -2.30. The van der Waals surface area contributed by atoms with Crippen molar-refractivity contribution in [1.29, 1.82) is 0 Å². The number of hydrogen-bond acceptors (Lipinski definition) is 4. The molecule has 1 amide bonds. The minimum atomic E-state index is -0.657. The second kappa shape index (κ2) is 10.6. The predicted molar refractivity (Wildman–Crippen MR) is 125 cm³/mol. The molecular weight excluding hydrogens is 424 g/mol. The third-order valence-electron chi connectivity index (χ3n) is 5.72. The van der Waals surface area contributed by atoms with Gasteiger partial charge < -0.3 is 14.7 Å². The first-order valence-electron chi connectivity index (χ1n) is 10.7. The van der Waals surface area contributed by atoms with Gasteiger partial charge in [-0.2, -0.15) is 0 Å². The Labute approximate surface area is 193 Å². The maximum Gasteiger partial charge on any atom is 0.410 e. The van der Waals surface area contributed by atoms with Crippen LogP contribution in [0.4, 0.5) is 4.79 Å². The summed E-state index contributed by atoms with van der Waals surface area (Å²) < 4.78 is 5.48. The summed E-state index contributed by atoms with van der Waals surface area (Å²) in [5.41, 5.74) is 3.19. The first kappa shape index (κ1) is 22.3. The number of rotatable bonds is 7. The van der Waals surface area contributed by atoms with Crippen LogP contribution in [0.3, 0.4) is 0 Å². The lowest BCUT2D eigenvalue weighted by atomic mass is 10.1. The quantitative estimate of drug-likeness (QED) is 0.565. The average Bonchev–Trinajstić information content (AvgIpc) is 3.21. The smallest absolute Gasteiger partial charge is 0.410 e. The molecule has 1 saturated heterocycles. The van der Waals surface area contributed by atoms with Crippen molar-refractivity contribution in [3.8, 4) is 0 Å². The molecule has 2 atom stereocenters. The highest BCUT2D eigenvalue weighted by molar-refractivity contribution is 6.30. The Morgan fingerprint density at radius 3 is 2.06 bits per heavy atom. The normalized spacial score (nSPS) is 18.2. The number of carbonyl (C=O) groups is 1. The highest BCUT2D eigenvalue weighted by atomic mass is 35.5. The molecule has 0 spiro atoms. The van der Waals surface area contributed by atoms with Crippen molar-refractivity contribution in [3.05, 3.63) is 107 Å². The minimum absolute atomic E-state index is 0.199. The molecular formula is C26H27ClN2O3. The van der Waals surface area contributed by atoms with E-state index in [2.05, 4.69) is 17.0 Å². The average molecular weight is 451 g/mol. The number of β-amino-alcohol motifs (C(OH)–C–C–N with tert-alkyl or cyclic N) is 1. The standard InChI is InChI=1S/C26H27ClN2O3/c27-23-13-11-21(12-14-23)16-28(15-20-7-3-1-4-8-20)24-17-29(18-25(24)30)26(31)32-19-22-9-5-2-6-10-22/h1-14,24-25,30H,15-19H2/t24-,25-/m0/s1.